The monoisotopic (exact) mass is 236 g/mol. The Morgan fingerprint density at radius 2 is 2.35 bits per heavy atom. The summed E-state index contributed by atoms with van der Waals surface area (Å²) in [6.45, 7) is 3.86. The van der Waals surface area contributed by atoms with Crippen molar-refractivity contribution >= 4 is 5.78 Å². The van der Waals surface area contributed by atoms with E-state index in [2.05, 4.69) is 0 Å². The lowest BCUT2D eigenvalue weighted by Crippen LogP contribution is -2.35. The predicted octanol–water partition coefficient (Wildman–Crippen LogP) is 1.68. The third kappa shape index (κ3) is 3.05. The van der Waals surface area contributed by atoms with Gasteiger partial charge in [0, 0.05) is 5.56 Å². The molecule has 0 saturated carbocycles. The van der Waals surface area contributed by atoms with Crippen LogP contribution in [0.2, 0.25) is 0 Å². The van der Waals surface area contributed by atoms with Crippen molar-refractivity contribution in [2.24, 2.45) is 0 Å². The van der Waals surface area contributed by atoms with Crippen LogP contribution < -0.4 is 4.74 Å². The Labute approximate surface area is 100 Å². The summed E-state index contributed by atoms with van der Waals surface area (Å²) in [4.78, 5) is 12.1. The van der Waals surface area contributed by atoms with E-state index >= 15 is 0 Å². The highest BCUT2D eigenvalue weighted by atomic mass is 16.6. The van der Waals surface area contributed by atoms with Crippen LogP contribution in [0.25, 0.3) is 0 Å². The van der Waals surface area contributed by atoms with Gasteiger partial charge in [0.05, 0.1) is 26.4 Å². The number of ether oxygens (including phenoxy) is 3. The number of rotatable bonds is 4. The van der Waals surface area contributed by atoms with Crippen molar-refractivity contribution in [1.29, 1.82) is 0 Å². The van der Waals surface area contributed by atoms with Crippen LogP contribution >= 0.6 is 0 Å². The fourth-order valence-corrected chi connectivity index (χ4v) is 1.73. The van der Waals surface area contributed by atoms with Gasteiger partial charge in [-0.05, 0) is 19.1 Å². The van der Waals surface area contributed by atoms with Crippen molar-refractivity contribution < 1.29 is 19.0 Å². The summed E-state index contributed by atoms with van der Waals surface area (Å²) >= 11 is 0. The Morgan fingerprint density at radius 3 is 3.06 bits per heavy atom. The summed E-state index contributed by atoms with van der Waals surface area (Å²) in [6, 6.07) is 7.15. The van der Waals surface area contributed by atoms with E-state index in [4.69, 9.17) is 14.2 Å². The van der Waals surface area contributed by atoms with Crippen LogP contribution in [0.3, 0.4) is 0 Å². The van der Waals surface area contributed by atoms with E-state index in [1.165, 1.54) is 0 Å². The second-order valence-electron chi connectivity index (χ2n) is 3.76. The molecule has 0 spiro atoms. The van der Waals surface area contributed by atoms with E-state index in [9.17, 15) is 4.79 Å². The lowest BCUT2D eigenvalue weighted by Gasteiger charge is -2.21. The zero-order valence-corrected chi connectivity index (χ0v) is 9.85. The molecule has 1 saturated heterocycles. The molecule has 1 aromatic carbocycles. The molecule has 4 heteroatoms. The maximum atomic E-state index is 12.1. The minimum absolute atomic E-state index is 0.0498. The summed E-state index contributed by atoms with van der Waals surface area (Å²) < 4.78 is 16.0. The predicted molar refractivity (Wildman–Crippen MR) is 62.5 cm³/mol. The molecule has 4 nitrogen and oxygen atoms in total. The summed E-state index contributed by atoms with van der Waals surface area (Å²) in [7, 11) is 0. The first-order valence-corrected chi connectivity index (χ1v) is 5.77. The van der Waals surface area contributed by atoms with Crippen LogP contribution in [-0.2, 0) is 9.47 Å². The van der Waals surface area contributed by atoms with Crippen LogP contribution in [0.15, 0.2) is 24.3 Å². The van der Waals surface area contributed by atoms with Crippen molar-refractivity contribution in [1.82, 2.24) is 0 Å². The second-order valence-corrected chi connectivity index (χ2v) is 3.76. The molecular formula is C13H16O4. The summed E-state index contributed by atoms with van der Waals surface area (Å²) in [5.41, 5.74) is 0.603. The molecule has 1 aliphatic rings. The Hall–Kier alpha value is -1.39. The molecule has 0 amide bonds. The van der Waals surface area contributed by atoms with Crippen molar-refractivity contribution in [2.45, 2.75) is 13.0 Å². The van der Waals surface area contributed by atoms with E-state index in [1.54, 1.807) is 12.1 Å². The van der Waals surface area contributed by atoms with Crippen molar-refractivity contribution in [3.8, 4) is 5.75 Å². The molecule has 1 heterocycles. The number of hydrogen-bond acceptors (Lipinski definition) is 4. The molecule has 0 radical (unpaired) electrons. The van der Waals surface area contributed by atoms with Crippen molar-refractivity contribution in [3.63, 3.8) is 0 Å². The molecule has 0 aliphatic carbocycles. The number of Topliss-reactive ketones (excluding diaryl/α,β-unsaturated/α-hetero) is 1. The molecular weight excluding hydrogens is 220 g/mol. The van der Waals surface area contributed by atoms with Gasteiger partial charge in [-0.1, -0.05) is 12.1 Å². The first-order valence-electron chi connectivity index (χ1n) is 5.77. The topological polar surface area (TPSA) is 44.8 Å². The second kappa shape index (κ2) is 5.80. The van der Waals surface area contributed by atoms with E-state index in [0.29, 0.717) is 37.7 Å². The summed E-state index contributed by atoms with van der Waals surface area (Å²) in [5, 5.41) is 0. The fourth-order valence-electron chi connectivity index (χ4n) is 1.73. The van der Waals surface area contributed by atoms with Gasteiger partial charge < -0.3 is 14.2 Å². The van der Waals surface area contributed by atoms with Crippen LogP contribution in [0, 0.1) is 0 Å². The molecule has 1 aromatic rings. The first kappa shape index (κ1) is 12.1. The summed E-state index contributed by atoms with van der Waals surface area (Å²) in [6.07, 6.45) is -0.486. The van der Waals surface area contributed by atoms with E-state index in [1.807, 2.05) is 19.1 Å². The van der Waals surface area contributed by atoms with Gasteiger partial charge in [-0.2, -0.15) is 0 Å². The van der Waals surface area contributed by atoms with Crippen molar-refractivity contribution in [2.75, 3.05) is 26.4 Å². The molecule has 2 rings (SSSR count). The zero-order valence-electron chi connectivity index (χ0n) is 9.85. The summed E-state index contributed by atoms with van der Waals surface area (Å²) in [5.74, 6) is 0.654. The third-order valence-corrected chi connectivity index (χ3v) is 2.54. The molecule has 0 N–H and O–H groups in total. The number of benzene rings is 1. The minimum atomic E-state index is -0.486. The van der Waals surface area contributed by atoms with Crippen molar-refractivity contribution in [3.05, 3.63) is 29.8 Å². The van der Waals surface area contributed by atoms with Crippen LogP contribution in [-0.4, -0.2) is 38.3 Å². The number of hydrogen-bond donors (Lipinski definition) is 0. The molecule has 92 valence electrons. The first-order chi connectivity index (χ1) is 8.31. The zero-order chi connectivity index (χ0) is 12.1. The minimum Gasteiger partial charge on any atom is -0.494 e. The Kier molecular flexibility index (Phi) is 4.12. The van der Waals surface area contributed by atoms with E-state index in [0.717, 1.165) is 0 Å². The number of carbonyl (C=O) groups is 1. The Bertz CT molecular complexity index is 383. The lowest BCUT2D eigenvalue weighted by molar-refractivity contribution is -0.0719. The highest BCUT2D eigenvalue weighted by molar-refractivity contribution is 5.99. The SMILES string of the molecule is CCOc1cccc(C(=O)C2COCCO2)c1. The quantitative estimate of drug-likeness (QED) is 0.746. The fraction of sp³-hybridized carbons (Fsp3) is 0.462. The maximum absolute atomic E-state index is 12.1. The van der Waals surface area contributed by atoms with Gasteiger partial charge in [0.15, 0.2) is 5.78 Å². The standard InChI is InChI=1S/C13H16O4/c1-2-16-11-5-3-4-10(8-11)13(14)12-9-15-6-7-17-12/h3-5,8,12H,2,6-7,9H2,1H3. The Morgan fingerprint density at radius 1 is 1.47 bits per heavy atom. The van der Waals surface area contributed by atoms with E-state index in [-0.39, 0.29) is 5.78 Å². The van der Waals surface area contributed by atoms with Gasteiger partial charge in [0.25, 0.3) is 0 Å². The van der Waals surface area contributed by atoms with Gasteiger partial charge in [0.2, 0.25) is 0 Å². The lowest BCUT2D eigenvalue weighted by atomic mass is 10.1. The molecule has 1 atom stereocenters. The van der Waals surface area contributed by atoms with Gasteiger partial charge in [-0.25, -0.2) is 0 Å². The van der Waals surface area contributed by atoms with Crippen LogP contribution in [0.1, 0.15) is 17.3 Å². The molecule has 1 fully saturated rings. The average Bonchev–Trinajstić information content (AvgIpc) is 2.40. The van der Waals surface area contributed by atoms with E-state index < -0.39 is 6.10 Å². The molecule has 0 bridgehead atoms. The molecule has 0 aromatic heterocycles. The van der Waals surface area contributed by atoms with Gasteiger partial charge in [-0.3, -0.25) is 4.79 Å². The highest BCUT2D eigenvalue weighted by Gasteiger charge is 2.24. The maximum Gasteiger partial charge on any atom is 0.194 e. The number of ketones is 1. The normalized spacial score (nSPS) is 19.9. The van der Waals surface area contributed by atoms with Gasteiger partial charge in [0.1, 0.15) is 11.9 Å². The molecule has 17 heavy (non-hydrogen) atoms. The average molecular weight is 236 g/mol. The molecule has 1 unspecified atom stereocenters. The Balaban J connectivity index is 2.09. The molecule has 1 aliphatic heterocycles. The van der Waals surface area contributed by atoms with Crippen LogP contribution in [0.4, 0.5) is 0 Å². The van der Waals surface area contributed by atoms with Crippen LogP contribution in [0.5, 0.6) is 5.75 Å². The largest absolute Gasteiger partial charge is 0.494 e. The third-order valence-electron chi connectivity index (χ3n) is 2.54. The highest BCUT2D eigenvalue weighted by Crippen LogP contribution is 2.16. The number of carbonyl (C=O) groups excluding carboxylic acids is 1. The van der Waals surface area contributed by atoms with Gasteiger partial charge >= 0.3 is 0 Å². The smallest absolute Gasteiger partial charge is 0.194 e. The van der Waals surface area contributed by atoms with Gasteiger partial charge in [-0.15, -0.1) is 0 Å².